The summed E-state index contributed by atoms with van der Waals surface area (Å²) in [5.74, 6) is 0.660. The topological polar surface area (TPSA) is 24.1 Å². The van der Waals surface area contributed by atoms with Crippen LogP contribution in [0.3, 0.4) is 0 Å². The Morgan fingerprint density at radius 3 is 3.05 bits per heavy atom. The highest BCUT2D eigenvalue weighted by molar-refractivity contribution is 7.10. The van der Waals surface area contributed by atoms with E-state index in [1.807, 2.05) is 11.3 Å². The largest absolute Gasteiger partial charge is 0.384 e. The van der Waals surface area contributed by atoms with Crippen LogP contribution in [0.1, 0.15) is 28.3 Å². The molecule has 0 fully saturated rings. The molecule has 0 aliphatic carbocycles. The van der Waals surface area contributed by atoms with E-state index in [0.717, 1.165) is 19.6 Å². The van der Waals surface area contributed by atoms with Gasteiger partial charge in [-0.2, -0.15) is 0 Å². The molecule has 1 aromatic heterocycles. The van der Waals surface area contributed by atoms with Crippen molar-refractivity contribution in [1.29, 1.82) is 0 Å². The van der Waals surface area contributed by atoms with Crippen molar-refractivity contribution in [1.82, 2.24) is 5.32 Å². The molecule has 0 spiro atoms. The first-order valence-electron chi connectivity index (χ1n) is 6.91. The van der Waals surface area contributed by atoms with Crippen molar-refractivity contribution in [2.24, 2.45) is 0 Å². The van der Waals surface area contributed by atoms with E-state index in [-0.39, 0.29) is 0 Å². The van der Waals surface area contributed by atoms with E-state index in [2.05, 4.69) is 53.3 Å². The average Bonchev–Trinajstić information content (AvgIpc) is 3.02. The van der Waals surface area contributed by atoms with Gasteiger partial charge in [0.25, 0.3) is 0 Å². The predicted molar refractivity (Wildman–Crippen MR) is 83.1 cm³/mol. The SMILES string of the molecule is Cc1ccsc1CNCCC1CNc2ccccc21. The summed E-state index contributed by atoms with van der Waals surface area (Å²) in [4.78, 5) is 1.46. The van der Waals surface area contributed by atoms with Crippen LogP contribution in [0.4, 0.5) is 5.69 Å². The highest BCUT2D eigenvalue weighted by Crippen LogP contribution is 2.32. The number of para-hydroxylation sites is 1. The molecule has 0 saturated heterocycles. The lowest BCUT2D eigenvalue weighted by atomic mass is 9.98. The zero-order chi connectivity index (χ0) is 13.1. The molecule has 2 aromatic rings. The summed E-state index contributed by atoms with van der Waals surface area (Å²) in [6, 6.07) is 10.9. The smallest absolute Gasteiger partial charge is 0.0376 e. The maximum atomic E-state index is 3.57. The fourth-order valence-corrected chi connectivity index (χ4v) is 3.55. The zero-order valence-corrected chi connectivity index (χ0v) is 12.1. The summed E-state index contributed by atoms with van der Waals surface area (Å²) < 4.78 is 0. The molecule has 2 nitrogen and oxygen atoms in total. The molecular formula is C16H20N2S. The van der Waals surface area contributed by atoms with Crippen LogP contribution in [-0.2, 0) is 6.54 Å². The van der Waals surface area contributed by atoms with Gasteiger partial charge in [0.2, 0.25) is 0 Å². The second-order valence-electron chi connectivity index (χ2n) is 5.16. The second kappa shape index (κ2) is 5.76. The molecule has 0 saturated carbocycles. The molecule has 3 rings (SSSR count). The van der Waals surface area contributed by atoms with Crippen molar-refractivity contribution in [2.75, 3.05) is 18.4 Å². The molecule has 19 heavy (non-hydrogen) atoms. The fourth-order valence-electron chi connectivity index (χ4n) is 2.68. The number of thiophene rings is 1. The summed E-state index contributed by atoms with van der Waals surface area (Å²) in [5.41, 5.74) is 4.21. The van der Waals surface area contributed by atoms with Crippen LogP contribution in [-0.4, -0.2) is 13.1 Å². The minimum Gasteiger partial charge on any atom is -0.384 e. The number of anilines is 1. The molecule has 0 amide bonds. The molecule has 100 valence electrons. The molecule has 1 aromatic carbocycles. The van der Waals surface area contributed by atoms with Crippen LogP contribution in [0.25, 0.3) is 0 Å². The van der Waals surface area contributed by atoms with Crippen molar-refractivity contribution < 1.29 is 0 Å². The molecule has 2 N–H and O–H groups in total. The van der Waals surface area contributed by atoms with Gasteiger partial charge in [0, 0.05) is 29.6 Å². The van der Waals surface area contributed by atoms with Gasteiger partial charge in [-0.3, -0.25) is 0 Å². The lowest BCUT2D eigenvalue weighted by Gasteiger charge is -2.10. The molecule has 0 radical (unpaired) electrons. The van der Waals surface area contributed by atoms with E-state index in [9.17, 15) is 0 Å². The number of benzene rings is 1. The Bertz CT molecular complexity index is 547. The van der Waals surface area contributed by atoms with Crippen LogP contribution < -0.4 is 10.6 Å². The van der Waals surface area contributed by atoms with Crippen molar-refractivity contribution in [2.45, 2.75) is 25.8 Å². The van der Waals surface area contributed by atoms with Crippen molar-refractivity contribution in [3.05, 3.63) is 51.7 Å². The van der Waals surface area contributed by atoms with Crippen LogP contribution >= 0.6 is 11.3 Å². The standard InChI is InChI=1S/C16H20N2S/c1-12-7-9-19-16(12)11-17-8-6-13-10-18-15-5-3-2-4-14(13)15/h2-5,7,9,13,17-18H,6,8,10-11H2,1H3. The summed E-state index contributed by atoms with van der Waals surface area (Å²) in [7, 11) is 0. The first kappa shape index (κ1) is 12.7. The number of nitrogens with one attached hydrogen (secondary N) is 2. The van der Waals surface area contributed by atoms with Gasteiger partial charge in [-0.15, -0.1) is 11.3 Å². The highest BCUT2D eigenvalue weighted by atomic mass is 32.1. The number of rotatable bonds is 5. The first-order valence-corrected chi connectivity index (χ1v) is 7.79. The van der Waals surface area contributed by atoms with Gasteiger partial charge < -0.3 is 10.6 Å². The normalized spacial score (nSPS) is 17.2. The molecule has 1 atom stereocenters. The molecule has 0 bridgehead atoms. The molecule has 2 heterocycles. The maximum absolute atomic E-state index is 3.57. The first-order chi connectivity index (χ1) is 9.34. The third-order valence-corrected chi connectivity index (χ3v) is 4.89. The van der Waals surface area contributed by atoms with Crippen LogP contribution in [0.2, 0.25) is 0 Å². The average molecular weight is 272 g/mol. The number of hydrogen-bond acceptors (Lipinski definition) is 3. The quantitative estimate of drug-likeness (QED) is 0.810. The van der Waals surface area contributed by atoms with Gasteiger partial charge >= 0.3 is 0 Å². The van der Waals surface area contributed by atoms with Gasteiger partial charge in [0.1, 0.15) is 0 Å². The fraction of sp³-hybridized carbons (Fsp3) is 0.375. The van der Waals surface area contributed by atoms with E-state index in [1.54, 1.807) is 0 Å². The van der Waals surface area contributed by atoms with Gasteiger partial charge in [-0.25, -0.2) is 0 Å². The van der Waals surface area contributed by atoms with Gasteiger partial charge in [0.05, 0.1) is 0 Å². The van der Waals surface area contributed by atoms with Gasteiger partial charge in [0.15, 0.2) is 0 Å². The van der Waals surface area contributed by atoms with Crippen molar-refractivity contribution in [3.8, 4) is 0 Å². The molecule has 1 unspecified atom stereocenters. The lowest BCUT2D eigenvalue weighted by Crippen LogP contribution is -2.17. The molecule has 1 aliphatic heterocycles. The zero-order valence-electron chi connectivity index (χ0n) is 11.3. The molecular weight excluding hydrogens is 252 g/mol. The second-order valence-corrected chi connectivity index (χ2v) is 6.16. The van der Waals surface area contributed by atoms with E-state index < -0.39 is 0 Å². The number of aryl methyl sites for hydroxylation is 1. The molecule has 1 aliphatic rings. The lowest BCUT2D eigenvalue weighted by molar-refractivity contribution is 0.595. The van der Waals surface area contributed by atoms with Gasteiger partial charge in [-0.05, 0) is 48.5 Å². The van der Waals surface area contributed by atoms with Crippen molar-refractivity contribution in [3.63, 3.8) is 0 Å². The van der Waals surface area contributed by atoms with Crippen LogP contribution in [0.5, 0.6) is 0 Å². The third kappa shape index (κ3) is 2.82. The minimum atomic E-state index is 0.660. The number of hydrogen-bond donors (Lipinski definition) is 2. The Labute approximate surface area is 118 Å². The monoisotopic (exact) mass is 272 g/mol. The van der Waals surface area contributed by atoms with E-state index in [4.69, 9.17) is 0 Å². The summed E-state index contributed by atoms with van der Waals surface area (Å²) in [6.07, 6.45) is 1.20. The predicted octanol–water partition coefficient (Wildman–Crippen LogP) is 3.75. The maximum Gasteiger partial charge on any atom is 0.0376 e. The summed E-state index contributed by atoms with van der Waals surface area (Å²) in [6.45, 7) is 5.35. The summed E-state index contributed by atoms with van der Waals surface area (Å²) >= 11 is 1.85. The van der Waals surface area contributed by atoms with E-state index in [0.29, 0.717) is 5.92 Å². The van der Waals surface area contributed by atoms with E-state index in [1.165, 1.54) is 28.1 Å². The Hall–Kier alpha value is -1.32. The van der Waals surface area contributed by atoms with E-state index >= 15 is 0 Å². The minimum absolute atomic E-state index is 0.660. The highest BCUT2D eigenvalue weighted by Gasteiger charge is 2.20. The Morgan fingerprint density at radius 2 is 2.21 bits per heavy atom. The summed E-state index contributed by atoms with van der Waals surface area (Å²) in [5, 5.41) is 9.23. The molecule has 3 heteroatoms. The number of fused-ring (bicyclic) bond motifs is 1. The third-order valence-electron chi connectivity index (χ3n) is 3.86. The Balaban J connectivity index is 1.48. The Kier molecular flexibility index (Phi) is 3.85. The van der Waals surface area contributed by atoms with Crippen LogP contribution in [0.15, 0.2) is 35.7 Å². The Morgan fingerprint density at radius 1 is 1.32 bits per heavy atom. The van der Waals surface area contributed by atoms with Crippen LogP contribution in [0, 0.1) is 6.92 Å². The van der Waals surface area contributed by atoms with Gasteiger partial charge in [-0.1, -0.05) is 18.2 Å². The van der Waals surface area contributed by atoms with Crippen molar-refractivity contribution >= 4 is 17.0 Å².